The Morgan fingerprint density at radius 2 is 0.842 bits per heavy atom. The van der Waals surface area contributed by atoms with E-state index < -0.39 is 0 Å². The molecule has 0 N–H and O–H groups in total. The summed E-state index contributed by atoms with van der Waals surface area (Å²) in [5, 5.41) is 0. The number of hydrogen-bond donors (Lipinski definition) is 0. The van der Waals surface area contributed by atoms with Gasteiger partial charge >= 0.3 is 11.9 Å². The van der Waals surface area contributed by atoms with Gasteiger partial charge in [-0.2, -0.15) is 0 Å². The molecule has 0 aliphatic carbocycles. The Balaban J connectivity index is 2.22. The van der Waals surface area contributed by atoms with E-state index >= 15 is 0 Å². The van der Waals surface area contributed by atoms with Gasteiger partial charge < -0.3 is 9.47 Å². The zero-order valence-electron chi connectivity index (χ0n) is 11.8. The van der Waals surface area contributed by atoms with Crippen molar-refractivity contribution in [3.8, 4) is 0 Å². The fourth-order valence-corrected chi connectivity index (χ4v) is 2.16. The van der Waals surface area contributed by atoms with Crippen molar-refractivity contribution in [1.82, 2.24) is 0 Å². The number of cyclic esters (lactones) is 2. The summed E-state index contributed by atoms with van der Waals surface area (Å²) in [7, 11) is 0. The van der Waals surface area contributed by atoms with Gasteiger partial charge in [0.15, 0.2) is 0 Å². The van der Waals surface area contributed by atoms with Crippen LogP contribution in [0, 0.1) is 0 Å². The van der Waals surface area contributed by atoms with Crippen molar-refractivity contribution < 1.29 is 19.1 Å². The highest BCUT2D eigenvalue weighted by Crippen LogP contribution is 2.10. The minimum atomic E-state index is -0.290. The second kappa shape index (κ2) is 10.8. The number of esters is 2. The van der Waals surface area contributed by atoms with Crippen molar-refractivity contribution in [3.05, 3.63) is 0 Å². The first-order valence-corrected chi connectivity index (χ1v) is 7.60. The van der Waals surface area contributed by atoms with Crippen LogP contribution < -0.4 is 0 Å². The van der Waals surface area contributed by atoms with Crippen LogP contribution in [0.3, 0.4) is 0 Å². The smallest absolute Gasteiger partial charge is 0.306 e. The second-order valence-corrected chi connectivity index (χ2v) is 5.12. The van der Waals surface area contributed by atoms with E-state index in [1.54, 1.807) is 0 Å². The molecule has 0 saturated carbocycles. The first kappa shape index (κ1) is 16.0. The lowest BCUT2D eigenvalue weighted by molar-refractivity contribution is -0.150. The monoisotopic (exact) mass is 270 g/mol. The van der Waals surface area contributed by atoms with Gasteiger partial charge in [-0.25, -0.2) is 0 Å². The van der Waals surface area contributed by atoms with E-state index in [1.807, 2.05) is 0 Å². The van der Waals surface area contributed by atoms with Gasteiger partial charge in [0.25, 0.3) is 0 Å². The molecule has 0 bridgehead atoms. The summed E-state index contributed by atoms with van der Waals surface area (Å²) in [5.41, 5.74) is 0. The summed E-state index contributed by atoms with van der Waals surface area (Å²) in [6.07, 6.45) is 10.6. The van der Waals surface area contributed by atoms with Gasteiger partial charge in [0, 0.05) is 0 Å². The molecule has 0 aromatic carbocycles. The largest absolute Gasteiger partial charge is 0.466 e. The van der Waals surface area contributed by atoms with E-state index in [9.17, 15) is 9.59 Å². The Kier molecular flexibility index (Phi) is 9.11. The lowest BCUT2D eigenvalue weighted by atomic mass is 10.1. The van der Waals surface area contributed by atoms with Gasteiger partial charge in [-0.3, -0.25) is 9.59 Å². The van der Waals surface area contributed by atoms with Crippen molar-refractivity contribution in [3.63, 3.8) is 0 Å². The maximum absolute atomic E-state index is 11.3. The fraction of sp³-hybridized carbons (Fsp3) is 0.867. The molecular formula is C15H26O4. The Morgan fingerprint density at radius 3 is 1.21 bits per heavy atom. The first-order chi connectivity index (χ1) is 9.29. The molecule has 0 aromatic rings. The van der Waals surface area contributed by atoms with Gasteiger partial charge in [-0.1, -0.05) is 44.9 Å². The van der Waals surface area contributed by atoms with Crippen molar-refractivity contribution in [2.24, 2.45) is 0 Å². The Morgan fingerprint density at radius 1 is 0.526 bits per heavy atom. The van der Waals surface area contributed by atoms with E-state index in [4.69, 9.17) is 9.47 Å². The molecule has 1 saturated heterocycles. The molecule has 4 nitrogen and oxygen atoms in total. The van der Waals surface area contributed by atoms with Gasteiger partial charge in [-0.05, 0) is 12.8 Å². The van der Waals surface area contributed by atoms with Crippen molar-refractivity contribution >= 4 is 11.9 Å². The normalized spacial score (nSPS) is 22.1. The molecule has 0 aromatic heterocycles. The molecule has 4 heteroatoms. The van der Waals surface area contributed by atoms with Crippen LogP contribution in [0.4, 0.5) is 0 Å². The third kappa shape index (κ3) is 9.51. The zero-order chi connectivity index (χ0) is 13.8. The summed E-state index contributed by atoms with van der Waals surface area (Å²) in [6, 6.07) is 0. The molecule has 110 valence electrons. The summed E-state index contributed by atoms with van der Waals surface area (Å²) in [5.74, 6) is -0.581. The molecule has 0 spiro atoms. The van der Waals surface area contributed by atoms with Crippen LogP contribution >= 0.6 is 0 Å². The molecule has 1 rings (SSSR count). The van der Waals surface area contributed by atoms with Crippen LogP contribution in [-0.4, -0.2) is 25.2 Å². The maximum Gasteiger partial charge on any atom is 0.306 e. The van der Waals surface area contributed by atoms with E-state index in [-0.39, 0.29) is 24.8 Å². The molecule has 0 amide bonds. The quantitative estimate of drug-likeness (QED) is 0.633. The number of carbonyl (C=O) groups is 2. The average Bonchev–Trinajstić information content (AvgIpc) is 2.41. The van der Waals surface area contributed by atoms with Crippen LogP contribution in [-0.2, 0) is 19.1 Å². The van der Waals surface area contributed by atoms with Crippen LogP contribution in [0.2, 0.25) is 0 Å². The zero-order valence-corrected chi connectivity index (χ0v) is 11.8. The summed E-state index contributed by atoms with van der Waals surface area (Å²) < 4.78 is 10.1. The molecule has 1 fully saturated rings. The Hall–Kier alpha value is -1.06. The van der Waals surface area contributed by atoms with E-state index in [1.165, 1.54) is 32.1 Å². The van der Waals surface area contributed by atoms with Gasteiger partial charge in [0.05, 0.1) is 26.1 Å². The highest BCUT2D eigenvalue weighted by Gasteiger charge is 2.09. The molecule has 0 radical (unpaired) electrons. The standard InChI is InChI=1S/C15H26O4/c16-14-10-11-15(17)19-13-9-7-5-3-1-2-4-6-8-12-18-14/h1-13H2. The van der Waals surface area contributed by atoms with E-state index in [0.717, 1.165) is 25.7 Å². The minimum absolute atomic E-state index is 0.138. The molecule has 19 heavy (non-hydrogen) atoms. The summed E-state index contributed by atoms with van der Waals surface area (Å²) in [4.78, 5) is 22.7. The highest BCUT2D eigenvalue weighted by atomic mass is 16.5. The first-order valence-electron chi connectivity index (χ1n) is 7.60. The SMILES string of the molecule is O=C1CCC(=O)OCCCCCCCCCCCO1. The van der Waals surface area contributed by atoms with E-state index in [0.29, 0.717) is 13.2 Å². The Bertz CT molecular complexity index is 237. The molecule has 1 aliphatic rings. The number of carbonyl (C=O) groups excluding carboxylic acids is 2. The predicted octanol–water partition coefficient (Wildman–Crippen LogP) is 3.38. The minimum Gasteiger partial charge on any atom is -0.466 e. The van der Waals surface area contributed by atoms with Crippen LogP contribution in [0.5, 0.6) is 0 Å². The second-order valence-electron chi connectivity index (χ2n) is 5.12. The highest BCUT2D eigenvalue weighted by molar-refractivity contribution is 5.77. The summed E-state index contributed by atoms with van der Waals surface area (Å²) in [6.45, 7) is 0.960. The Labute approximate surface area is 115 Å². The van der Waals surface area contributed by atoms with Gasteiger partial charge in [0.1, 0.15) is 0 Å². The number of rotatable bonds is 0. The molecule has 1 heterocycles. The predicted molar refractivity (Wildman–Crippen MR) is 72.7 cm³/mol. The number of hydrogen-bond acceptors (Lipinski definition) is 4. The number of ether oxygens (including phenoxy) is 2. The van der Waals surface area contributed by atoms with Crippen LogP contribution in [0.15, 0.2) is 0 Å². The topological polar surface area (TPSA) is 52.6 Å². The third-order valence-corrected chi connectivity index (χ3v) is 3.35. The van der Waals surface area contributed by atoms with Crippen LogP contribution in [0.25, 0.3) is 0 Å². The van der Waals surface area contributed by atoms with Gasteiger partial charge in [-0.15, -0.1) is 0 Å². The maximum atomic E-state index is 11.3. The average molecular weight is 270 g/mol. The fourth-order valence-electron chi connectivity index (χ4n) is 2.16. The van der Waals surface area contributed by atoms with E-state index in [2.05, 4.69) is 0 Å². The molecular weight excluding hydrogens is 244 g/mol. The molecule has 0 unspecified atom stereocenters. The molecule has 0 atom stereocenters. The summed E-state index contributed by atoms with van der Waals surface area (Å²) >= 11 is 0. The van der Waals surface area contributed by atoms with Crippen molar-refractivity contribution in [2.45, 2.75) is 70.6 Å². The molecule has 1 aliphatic heterocycles. The lowest BCUT2D eigenvalue weighted by Crippen LogP contribution is -2.11. The lowest BCUT2D eigenvalue weighted by Gasteiger charge is -2.05. The third-order valence-electron chi connectivity index (χ3n) is 3.35. The van der Waals surface area contributed by atoms with Crippen molar-refractivity contribution in [1.29, 1.82) is 0 Å². The van der Waals surface area contributed by atoms with Gasteiger partial charge in [0.2, 0.25) is 0 Å². The van der Waals surface area contributed by atoms with Crippen LogP contribution in [0.1, 0.15) is 70.6 Å². The van der Waals surface area contributed by atoms with Crippen molar-refractivity contribution in [2.75, 3.05) is 13.2 Å².